The van der Waals surface area contributed by atoms with Crippen molar-refractivity contribution >= 4 is 11.8 Å². The van der Waals surface area contributed by atoms with Crippen molar-refractivity contribution in [2.45, 2.75) is 25.1 Å². The lowest BCUT2D eigenvalue weighted by molar-refractivity contribution is -0.137. The molecular formula is C14H18F3NOS. The lowest BCUT2D eigenvalue weighted by Crippen LogP contribution is -2.35. The summed E-state index contributed by atoms with van der Waals surface area (Å²) in [5.41, 5.74) is -0.650. The van der Waals surface area contributed by atoms with Crippen molar-refractivity contribution in [3.8, 4) is 5.75 Å². The molecule has 0 radical (unpaired) electrons. The van der Waals surface area contributed by atoms with Crippen LogP contribution in [0.3, 0.4) is 0 Å². The average Bonchev–Trinajstić information content (AvgIpc) is 2.44. The zero-order valence-electron chi connectivity index (χ0n) is 11.1. The molecule has 0 bridgehead atoms. The van der Waals surface area contributed by atoms with Crippen molar-refractivity contribution in [2.75, 3.05) is 24.7 Å². The van der Waals surface area contributed by atoms with Gasteiger partial charge in [0.1, 0.15) is 12.4 Å². The van der Waals surface area contributed by atoms with Gasteiger partial charge in [-0.15, -0.1) is 0 Å². The van der Waals surface area contributed by atoms with E-state index in [1.54, 1.807) is 0 Å². The summed E-state index contributed by atoms with van der Waals surface area (Å²) in [6, 6.07) is 5.36. The fourth-order valence-electron chi connectivity index (χ4n) is 2.07. The van der Waals surface area contributed by atoms with E-state index in [-0.39, 0.29) is 0 Å². The van der Waals surface area contributed by atoms with Gasteiger partial charge in [0.2, 0.25) is 0 Å². The molecule has 1 fully saturated rings. The van der Waals surface area contributed by atoms with Crippen LogP contribution in [0.1, 0.15) is 18.4 Å². The van der Waals surface area contributed by atoms with Gasteiger partial charge in [-0.05, 0) is 48.6 Å². The van der Waals surface area contributed by atoms with Crippen molar-refractivity contribution in [3.05, 3.63) is 29.8 Å². The molecule has 1 aliphatic heterocycles. The Morgan fingerprint density at radius 1 is 1.15 bits per heavy atom. The van der Waals surface area contributed by atoms with Crippen molar-refractivity contribution in [1.29, 1.82) is 0 Å². The molecule has 1 heterocycles. The van der Waals surface area contributed by atoms with Gasteiger partial charge >= 0.3 is 6.18 Å². The predicted molar refractivity (Wildman–Crippen MR) is 75.3 cm³/mol. The van der Waals surface area contributed by atoms with E-state index < -0.39 is 11.7 Å². The Hall–Kier alpha value is -0.880. The van der Waals surface area contributed by atoms with E-state index in [1.165, 1.54) is 36.5 Å². The van der Waals surface area contributed by atoms with E-state index >= 15 is 0 Å². The number of nitrogens with one attached hydrogen (secondary N) is 1. The van der Waals surface area contributed by atoms with Crippen molar-refractivity contribution in [2.24, 2.45) is 0 Å². The van der Waals surface area contributed by atoms with E-state index in [9.17, 15) is 13.2 Å². The molecule has 1 aliphatic rings. The summed E-state index contributed by atoms with van der Waals surface area (Å²) in [7, 11) is 0. The fourth-order valence-corrected chi connectivity index (χ4v) is 3.18. The Labute approximate surface area is 121 Å². The molecule has 1 aromatic rings. The van der Waals surface area contributed by atoms with Gasteiger partial charge in [-0.25, -0.2) is 0 Å². The molecule has 0 amide bonds. The Kier molecular flexibility index (Phi) is 5.60. The number of rotatable bonds is 5. The molecule has 0 aromatic heterocycles. The lowest BCUT2D eigenvalue weighted by Gasteiger charge is -2.22. The molecule has 112 valence electrons. The van der Waals surface area contributed by atoms with Crippen molar-refractivity contribution in [3.63, 3.8) is 0 Å². The second-order valence-corrected chi connectivity index (χ2v) is 5.94. The Bertz CT molecular complexity index is 402. The molecule has 20 heavy (non-hydrogen) atoms. The summed E-state index contributed by atoms with van der Waals surface area (Å²) in [5, 5.41) is 3.41. The molecule has 2 rings (SSSR count). The second-order valence-electron chi connectivity index (χ2n) is 4.71. The highest BCUT2D eigenvalue weighted by molar-refractivity contribution is 7.99. The maximum Gasteiger partial charge on any atom is 0.416 e. The molecular weight excluding hydrogens is 287 g/mol. The van der Waals surface area contributed by atoms with Crippen LogP contribution in [-0.4, -0.2) is 30.7 Å². The molecule has 0 atom stereocenters. The second kappa shape index (κ2) is 7.22. The third-order valence-corrected chi connectivity index (χ3v) is 4.26. The van der Waals surface area contributed by atoms with Crippen molar-refractivity contribution in [1.82, 2.24) is 5.32 Å². The van der Waals surface area contributed by atoms with E-state index in [1.807, 2.05) is 11.8 Å². The largest absolute Gasteiger partial charge is 0.492 e. The molecule has 6 heteroatoms. The maximum atomic E-state index is 12.4. The number of halogens is 3. The first-order valence-electron chi connectivity index (χ1n) is 6.67. The highest BCUT2D eigenvalue weighted by Crippen LogP contribution is 2.30. The summed E-state index contributed by atoms with van der Waals surface area (Å²) < 4.78 is 42.6. The first-order valence-corrected chi connectivity index (χ1v) is 7.82. The van der Waals surface area contributed by atoms with Gasteiger partial charge in [-0.1, -0.05) is 0 Å². The van der Waals surface area contributed by atoms with E-state index in [0.29, 0.717) is 18.4 Å². The Balaban J connectivity index is 1.68. The van der Waals surface area contributed by atoms with Crippen LogP contribution in [0.15, 0.2) is 24.3 Å². The van der Waals surface area contributed by atoms with E-state index in [2.05, 4.69) is 5.32 Å². The van der Waals surface area contributed by atoms with Crippen LogP contribution in [-0.2, 0) is 6.18 Å². The number of thioether (sulfide) groups is 1. The number of alkyl halides is 3. The molecule has 0 unspecified atom stereocenters. The number of ether oxygens (including phenoxy) is 1. The fraction of sp³-hybridized carbons (Fsp3) is 0.571. The predicted octanol–water partition coefficient (Wildman–Crippen LogP) is 3.57. The van der Waals surface area contributed by atoms with Gasteiger partial charge in [0.15, 0.2) is 0 Å². The van der Waals surface area contributed by atoms with Crippen LogP contribution in [0.5, 0.6) is 5.75 Å². The molecule has 1 aromatic carbocycles. The third-order valence-electron chi connectivity index (χ3n) is 3.21. The zero-order chi connectivity index (χ0) is 14.4. The highest BCUT2D eigenvalue weighted by Gasteiger charge is 2.29. The van der Waals surface area contributed by atoms with Gasteiger partial charge in [-0.2, -0.15) is 24.9 Å². The van der Waals surface area contributed by atoms with Crippen LogP contribution < -0.4 is 10.1 Å². The highest BCUT2D eigenvalue weighted by atomic mass is 32.2. The van der Waals surface area contributed by atoms with Gasteiger partial charge in [0.05, 0.1) is 5.56 Å². The molecule has 0 spiro atoms. The third kappa shape index (κ3) is 4.90. The molecule has 0 aliphatic carbocycles. The summed E-state index contributed by atoms with van der Waals surface area (Å²) >= 11 is 1.97. The van der Waals surface area contributed by atoms with Crippen LogP contribution in [0, 0.1) is 0 Å². The smallest absolute Gasteiger partial charge is 0.416 e. The quantitative estimate of drug-likeness (QED) is 0.840. The minimum absolute atomic E-state index is 0.467. The number of benzene rings is 1. The molecule has 1 saturated heterocycles. The summed E-state index contributed by atoms with van der Waals surface area (Å²) in [4.78, 5) is 0. The van der Waals surface area contributed by atoms with Crippen LogP contribution in [0.25, 0.3) is 0 Å². The summed E-state index contributed by atoms with van der Waals surface area (Å²) in [6.07, 6.45) is -1.95. The number of hydrogen-bond acceptors (Lipinski definition) is 3. The summed E-state index contributed by atoms with van der Waals surface area (Å²) in [5.74, 6) is 2.86. The van der Waals surface area contributed by atoms with Crippen LogP contribution >= 0.6 is 11.8 Å². The Morgan fingerprint density at radius 3 is 2.40 bits per heavy atom. The minimum atomic E-state index is -4.29. The van der Waals surface area contributed by atoms with Gasteiger partial charge in [-0.3, -0.25) is 0 Å². The monoisotopic (exact) mass is 305 g/mol. The molecule has 1 N–H and O–H groups in total. The SMILES string of the molecule is FC(F)(F)c1ccc(OCCNC2CCSCC2)cc1. The van der Waals surface area contributed by atoms with E-state index in [4.69, 9.17) is 4.74 Å². The van der Waals surface area contributed by atoms with E-state index in [0.717, 1.165) is 18.7 Å². The van der Waals surface area contributed by atoms with Gasteiger partial charge in [0, 0.05) is 12.6 Å². The Morgan fingerprint density at radius 2 is 1.80 bits per heavy atom. The first kappa shape index (κ1) is 15.5. The molecule has 0 saturated carbocycles. The molecule has 2 nitrogen and oxygen atoms in total. The topological polar surface area (TPSA) is 21.3 Å². The first-order chi connectivity index (χ1) is 9.55. The maximum absolute atomic E-state index is 12.4. The summed E-state index contributed by atoms with van der Waals surface area (Å²) in [6.45, 7) is 1.19. The van der Waals surface area contributed by atoms with Gasteiger partial charge < -0.3 is 10.1 Å². The van der Waals surface area contributed by atoms with Crippen LogP contribution in [0.4, 0.5) is 13.2 Å². The van der Waals surface area contributed by atoms with Crippen molar-refractivity contribution < 1.29 is 17.9 Å². The lowest BCUT2D eigenvalue weighted by atomic mass is 10.1. The average molecular weight is 305 g/mol. The zero-order valence-corrected chi connectivity index (χ0v) is 11.9. The number of hydrogen-bond donors (Lipinski definition) is 1. The standard InChI is InChI=1S/C14H18F3NOS/c15-14(16,17)11-1-3-13(4-2-11)19-8-7-18-12-5-9-20-10-6-12/h1-4,12,18H,5-10H2. The van der Waals surface area contributed by atoms with Gasteiger partial charge in [0.25, 0.3) is 0 Å². The van der Waals surface area contributed by atoms with Crippen LogP contribution in [0.2, 0.25) is 0 Å². The minimum Gasteiger partial charge on any atom is -0.492 e. The normalized spacial score (nSPS) is 17.1.